The summed E-state index contributed by atoms with van der Waals surface area (Å²) in [5, 5.41) is 3.23. The van der Waals surface area contributed by atoms with Crippen LogP contribution in [0.3, 0.4) is 0 Å². The number of anilines is 1. The molecular formula is C11H17BrN2S. The Morgan fingerprint density at radius 1 is 1.47 bits per heavy atom. The van der Waals surface area contributed by atoms with E-state index >= 15 is 0 Å². The average Bonchev–Trinajstić information content (AvgIpc) is 2.65. The Morgan fingerprint density at radius 3 is 2.60 bits per heavy atom. The molecule has 0 aromatic carbocycles. The van der Waals surface area contributed by atoms with Gasteiger partial charge in [0, 0.05) is 18.5 Å². The highest BCUT2D eigenvalue weighted by Gasteiger charge is 2.22. The van der Waals surface area contributed by atoms with Crippen molar-refractivity contribution < 1.29 is 0 Å². The molecular weight excluding hydrogens is 272 g/mol. The van der Waals surface area contributed by atoms with E-state index in [1.165, 1.54) is 31.1 Å². The predicted octanol–water partition coefficient (Wildman–Crippen LogP) is 3.78. The first-order valence-electron chi connectivity index (χ1n) is 5.53. The molecule has 1 aliphatic heterocycles. The van der Waals surface area contributed by atoms with Crippen molar-refractivity contribution in [3.8, 4) is 0 Å². The highest BCUT2D eigenvalue weighted by atomic mass is 79.9. The van der Waals surface area contributed by atoms with Crippen LogP contribution in [0.5, 0.6) is 0 Å². The van der Waals surface area contributed by atoms with E-state index in [9.17, 15) is 0 Å². The Hall–Kier alpha value is -0.0900. The largest absolute Gasteiger partial charge is 0.348 e. The van der Waals surface area contributed by atoms with Crippen LogP contribution in [0.25, 0.3) is 0 Å². The Balaban J connectivity index is 1.93. The van der Waals surface area contributed by atoms with Crippen molar-refractivity contribution in [3.63, 3.8) is 0 Å². The standard InChI is InChI=1S/C11H17BrN2S/c1-8(2)9-3-5-14(6-4-9)11-13-10(12)7-15-11/h7-9H,3-6H2,1-2H3. The van der Waals surface area contributed by atoms with Crippen LogP contribution in [0.15, 0.2) is 9.98 Å². The lowest BCUT2D eigenvalue weighted by Gasteiger charge is -2.33. The molecule has 1 aromatic heterocycles. The van der Waals surface area contributed by atoms with Crippen molar-refractivity contribution in [2.24, 2.45) is 11.8 Å². The second-order valence-electron chi connectivity index (χ2n) is 4.52. The molecule has 2 heterocycles. The number of piperidine rings is 1. The first-order valence-corrected chi connectivity index (χ1v) is 7.20. The summed E-state index contributed by atoms with van der Waals surface area (Å²) in [5.41, 5.74) is 0. The smallest absolute Gasteiger partial charge is 0.186 e. The van der Waals surface area contributed by atoms with Gasteiger partial charge in [0.05, 0.1) is 0 Å². The van der Waals surface area contributed by atoms with E-state index in [1.807, 2.05) is 0 Å². The first-order chi connectivity index (χ1) is 7.16. The van der Waals surface area contributed by atoms with Crippen molar-refractivity contribution in [2.45, 2.75) is 26.7 Å². The summed E-state index contributed by atoms with van der Waals surface area (Å²) in [6.07, 6.45) is 2.63. The van der Waals surface area contributed by atoms with Gasteiger partial charge in [-0.25, -0.2) is 4.98 Å². The van der Waals surface area contributed by atoms with Gasteiger partial charge in [0.15, 0.2) is 5.13 Å². The lowest BCUT2D eigenvalue weighted by atomic mass is 9.87. The molecule has 0 spiro atoms. The fourth-order valence-electron chi connectivity index (χ4n) is 2.15. The zero-order chi connectivity index (χ0) is 10.8. The first kappa shape index (κ1) is 11.4. The van der Waals surface area contributed by atoms with Crippen LogP contribution in [0.1, 0.15) is 26.7 Å². The fourth-order valence-corrected chi connectivity index (χ4v) is 3.45. The van der Waals surface area contributed by atoms with E-state index in [0.29, 0.717) is 0 Å². The summed E-state index contributed by atoms with van der Waals surface area (Å²) in [7, 11) is 0. The summed E-state index contributed by atoms with van der Waals surface area (Å²) in [6, 6.07) is 0. The lowest BCUT2D eigenvalue weighted by molar-refractivity contribution is 0.311. The minimum Gasteiger partial charge on any atom is -0.348 e. The molecule has 0 aliphatic carbocycles. The number of rotatable bonds is 2. The second kappa shape index (κ2) is 4.83. The molecule has 0 N–H and O–H groups in total. The summed E-state index contributed by atoms with van der Waals surface area (Å²) < 4.78 is 0.966. The zero-order valence-corrected chi connectivity index (χ0v) is 11.6. The Kier molecular flexibility index (Phi) is 3.67. The van der Waals surface area contributed by atoms with Crippen LogP contribution in [0.2, 0.25) is 0 Å². The van der Waals surface area contributed by atoms with Crippen LogP contribution >= 0.6 is 27.3 Å². The molecule has 1 fully saturated rings. The molecule has 84 valence electrons. The lowest BCUT2D eigenvalue weighted by Crippen LogP contribution is -2.35. The van der Waals surface area contributed by atoms with Gasteiger partial charge < -0.3 is 4.90 Å². The minimum atomic E-state index is 0.829. The zero-order valence-electron chi connectivity index (χ0n) is 9.24. The summed E-state index contributed by atoms with van der Waals surface area (Å²) in [5.74, 6) is 1.74. The number of nitrogens with zero attached hydrogens (tertiary/aromatic N) is 2. The molecule has 15 heavy (non-hydrogen) atoms. The fraction of sp³-hybridized carbons (Fsp3) is 0.727. The van der Waals surface area contributed by atoms with Crippen LogP contribution in [-0.4, -0.2) is 18.1 Å². The molecule has 4 heteroatoms. The normalized spacial score (nSPS) is 18.8. The molecule has 1 aromatic rings. The maximum Gasteiger partial charge on any atom is 0.186 e. The van der Waals surface area contributed by atoms with E-state index in [1.54, 1.807) is 11.3 Å². The molecule has 2 nitrogen and oxygen atoms in total. The van der Waals surface area contributed by atoms with Crippen LogP contribution < -0.4 is 4.90 Å². The molecule has 2 rings (SSSR count). The molecule has 0 amide bonds. The average molecular weight is 289 g/mol. The molecule has 0 bridgehead atoms. The van der Waals surface area contributed by atoms with Gasteiger partial charge in [0.1, 0.15) is 4.60 Å². The van der Waals surface area contributed by atoms with Gasteiger partial charge in [-0.05, 0) is 40.6 Å². The van der Waals surface area contributed by atoms with Crippen LogP contribution in [0, 0.1) is 11.8 Å². The van der Waals surface area contributed by atoms with Gasteiger partial charge in [-0.1, -0.05) is 13.8 Å². The third kappa shape index (κ3) is 2.72. The molecule has 0 radical (unpaired) electrons. The van der Waals surface area contributed by atoms with Crippen molar-refractivity contribution in [2.75, 3.05) is 18.0 Å². The second-order valence-corrected chi connectivity index (χ2v) is 6.17. The van der Waals surface area contributed by atoms with Crippen molar-refractivity contribution in [3.05, 3.63) is 9.98 Å². The van der Waals surface area contributed by atoms with Crippen molar-refractivity contribution in [1.29, 1.82) is 0 Å². The molecule has 1 aliphatic rings. The Bertz CT molecular complexity index is 316. The third-order valence-corrected chi connectivity index (χ3v) is 4.83. The highest BCUT2D eigenvalue weighted by Crippen LogP contribution is 2.30. The Morgan fingerprint density at radius 2 is 2.13 bits per heavy atom. The van der Waals surface area contributed by atoms with E-state index in [-0.39, 0.29) is 0 Å². The van der Waals surface area contributed by atoms with Gasteiger partial charge in [-0.15, -0.1) is 11.3 Å². The van der Waals surface area contributed by atoms with Gasteiger partial charge in [0.25, 0.3) is 0 Å². The summed E-state index contributed by atoms with van der Waals surface area (Å²) >= 11 is 5.14. The topological polar surface area (TPSA) is 16.1 Å². The maximum atomic E-state index is 4.47. The highest BCUT2D eigenvalue weighted by molar-refractivity contribution is 9.10. The number of halogens is 1. The number of thiazole rings is 1. The van der Waals surface area contributed by atoms with Gasteiger partial charge in [-0.2, -0.15) is 0 Å². The van der Waals surface area contributed by atoms with Gasteiger partial charge in [0.2, 0.25) is 0 Å². The number of hydrogen-bond donors (Lipinski definition) is 0. The van der Waals surface area contributed by atoms with E-state index in [4.69, 9.17) is 0 Å². The molecule has 0 unspecified atom stereocenters. The molecule has 1 saturated heterocycles. The summed E-state index contributed by atoms with van der Waals surface area (Å²) in [4.78, 5) is 6.88. The van der Waals surface area contributed by atoms with E-state index in [0.717, 1.165) is 16.4 Å². The Labute approximate surface area is 104 Å². The van der Waals surface area contributed by atoms with E-state index < -0.39 is 0 Å². The van der Waals surface area contributed by atoms with Gasteiger partial charge in [-0.3, -0.25) is 0 Å². The maximum absolute atomic E-state index is 4.47. The van der Waals surface area contributed by atoms with E-state index in [2.05, 4.69) is 45.0 Å². The molecule has 0 saturated carbocycles. The van der Waals surface area contributed by atoms with Crippen LogP contribution in [-0.2, 0) is 0 Å². The number of aromatic nitrogens is 1. The van der Waals surface area contributed by atoms with Crippen molar-refractivity contribution in [1.82, 2.24) is 4.98 Å². The number of hydrogen-bond acceptors (Lipinski definition) is 3. The van der Waals surface area contributed by atoms with Gasteiger partial charge >= 0.3 is 0 Å². The minimum absolute atomic E-state index is 0.829. The van der Waals surface area contributed by atoms with Crippen molar-refractivity contribution >= 4 is 32.4 Å². The summed E-state index contributed by atoms with van der Waals surface area (Å²) in [6.45, 7) is 7.01. The molecule has 0 atom stereocenters. The SMILES string of the molecule is CC(C)C1CCN(c2nc(Br)cs2)CC1. The quantitative estimate of drug-likeness (QED) is 0.823. The van der Waals surface area contributed by atoms with Crippen LogP contribution in [0.4, 0.5) is 5.13 Å². The monoisotopic (exact) mass is 288 g/mol. The third-order valence-electron chi connectivity index (χ3n) is 3.22. The predicted molar refractivity (Wildman–Crippen MR) is 69.6 cm³/mol.